The number of benzene rings is 1. The molecule has 1 saturated carbocycles. The van der Waals surface area contributed by atoms with Crippen LogP contribution in [0.5, 0.6) is 0 Å². The molecule has 0 radical (unpaired) electrons. The first kappa shape index (κ1) is 11.7. The number of hydrogen-bond acceptors (Lipinski definition) is 3. The van der Waals surface area contributed by atoms with Crippen molar-refractivity contribution >= 4 is 11.3 Å². The zero-order valence-corrected chi connectivity index (χ0v) is 10.4. The van der Waals surface area contributed by atoms with Crippen molar-refractivity contribution in [3.63, 3.8) is 0 Å². The van der Waals surface area contributed by atoms with Gasteiger partial charge in [-0.1, -0.05) is 0 Å². The summed E-state index contributed by atoms with van der Waals surface area (Å²) in [7, 11) is 0. The van der Waals surface area contributed by atoms with Gasteiger partial charge in [-0.25, -0.2) is 13.8 Å². The summed E-state index contributed by atoms with van der Waals surface area (Å²) in [5.74, 6) is -0.931. The quantitative estimate of drug-likeness (QED) is 0.904. The van der Waals surface area contributed by atoms with E-state index in [4.69, 9.17) is 5.73 Å². The fourth-order valence-electron chi connectivity index (χ4n) is 2.09. The van der Waals surface area contributed by atoms with Crippen LogP contribution in [-0.4, -0.2) is 4.98 Å². The molecule has 2 aromatic rings. The highest BCUT2D eigenvalue weighted by molar-refractivity contribution is 7.10. The first-order chi connectivity index (χ1) is 8.58. The predicted molar refractivity (Wildman–Crippen MR) is 67.2 cm³/mol. The van der Waals surface area contributed by atoms with Crippen molar-refractivity contribution in [1.29, 1.82) is 0 Å². The largest absolute Gasteiger partial charge is 0.319 e. The summed E-state index contributed by atoms with van der Waals surface area (Å²) in [6, 6.07) is 3.38. The SMILES string of the molecule is NC1(c2nc(-c3cc(F)ccc3F)cs2)CCC1. The van der Waals surface area contributed by atoms with Crippen molar-refractivity contribution in [3.8, 4) is 11.3 Å². The molecule has 1 aliphatic rings. The molecule has 1 aromatic carbocycles. The Hall–Kier alpha value is -1.33. The number of thiazole rings is 1. The van der Waals surface area contributed by atoms with Crippen molar-refractivity contribution in [2.75, 3.05) is 0 Å². The monoisotopic (exact) mass is 266 g/mol. The van der Waals surface area contributed by atoms with Gasteiger partial charge in [0.05, 0.1) is 11.2 Å². The second-order valence-corrected chi connectivity index (χ2v) is 5.53. The third-order valence-electron chi connectivity index (χ3n) is 3.38. The zero-order valence-electron chi connectivity index (χ0n) is 9.62. The molecule has 0 amide bonds. The number of hydrogen-bond donors (Lipinski definition) is 1. The number of nitrogens with zero attached hydrogens (tertiary/aromatic N) is 1. The van der Waals surface area contributed by atoms with E-state index in [0.717, 1.165) is 42.5 Å². The first-order valence-electron chi connectivity index (χ1n) is 5.79. The topological polar surface area (TPSA) is 38.9 Å². The lowest BCUT2D eigenvalue weighted by Gasteiger charge is -2.35. The molecule has 18 heavy (non-hydrogen) atoms. The molecule has 0 saturated heterocycles. The zero-order chi connectivity index (χ0) is 12.8. The van der Waals surface area contributed by atoms with Crippen LogP contribution in [-0.2, 0) is 5.54 Å². The Kier molecular flexibility index (Phi) is 2.68. The highest BCUT2D eigenvalue weighted by atomic mass is 32.1. The fourth-order valence-corrected chi connectivity index (χ4v) is 3.08. The molecule has 5 heteroatoms. The second kappa shape index (κ2) is 4.10. The molecular formula is C13H12F2N2S. The maximum atomic E-state index is 13.6. The summed E-state index contributed by atoms with van der Waals surface area (Å²) in [6.45, 7) is 0. The van der Waals surface area contributed by atoms with Crippen LogP contribution in [0.4, 0.5) is 8.78 Å². The number of rotatable bonds is 2. The van der Waals surface area contributed by atoms with Gasteiger partial charge in [-0.2, -0.15) is 0 Å². The Bertz CT molecular complexity index is 590. The second-order valence-electron chi connectivity index (χ2n) is 4.67. The lowest BCUT2D eigenvalue weighted by molar-refractivity contribution is 0.253. The molecule has 1 heterocycles. The molecule has 2 nitrogen and oxygen atoms in total. The van der Waals surface area contributed by atoms with Gasteiger partial charge in [-0.3, -0.25) is 0 Å². The summed E-state index contributed by atoms with van der Waals surface area (Å²) in [5.41, 5.74) is 6.47. The average Bonchev–Trinajstić information content (AvgIpc) is 2.79. The van der Waals surface area contributed by atoms with Crippen molar-refractivity contribution in [1.82, 2.24) is 4.98 Å². The highest BCUT2D eigenvalue weighted by Crippen LogP contribution is 2.41. The summed E-state index contributed by atoms with van der Waals surface area (Å²) in [5, 5.41) is 2.55. The average molecular weight is 266 g/mol. The number of halogens is 2. The molecule has 3 rings (SSSR count). The molecule has 1 aromatic heterocycles. The summed E-state index contributed by atoms with van der Waals surface area (Å²) >= 11 is 1.42. The van der Waals surface area contributed by atoms with Gasteiger partial charge >= 0.3 is 0 Å². The minimum Gasteiger partial charge on any atom is -0.319 e. The van der Waals surface area contributed by atoms with E-state index in [0.29, 0.717) is 5.69 Å². The maximum absolute atomic E-state index is 13.6. The molecule has 2 N–H and O–H groups in total. The van der Waals surface area contributed by atoms with E-state index < -0.39 is 11.6 Å². The van der Waals surface area contributed by atoms with Gasteiger partial charge in [0.25, 0.3) is 0 Å². The minimum absolute atomic E-state index is 0.195. The summed E-state index contributed by atoms with van der Waals surface area (Å²) in [4.78, 5) is 4.36. The van der Waals surface area contributed by atoms with E-state index in [9.17, 15) is 8.78 Å². The standard InChI is InChI=1S/C13H12F2N2S/c14-8-2-3-10(15)9(6-8)11-7-18-12(17-11)13(16)4-1-5-13/h2-3,6-7H,1,4-5,16H2. The third-order valence-corrected chi connectivity index (χ3v) is 4.44. The van der Waals surface area contributed by atoms with Crippen LogP contribution in [0.1, 0.15) is 24.3 Å². The molecule has 0 spiro atoms. The summed E-state index contributed by atoms with van der Waals surface area (Å²) < 4.78 is 26.8. The van der Waals surface area contributed by atoms with E-state index >= 15 is 0 Å². The molecular weight excluding hydrogens is 254 g/mol. The van der Waals surface area contributed by atoms with Crippen molar-refractivity contribution in [3.05, 3.63) is 40.2 Å². The van der Waals surface area contributed by atoms with Gasteiger partial charge in [0.1, 0.15) is 16.6 Å². The van der Waals surface area contributed by atoms with E-state index in [1.807, 2.05) is 0 Å². The molecule has 0 atom stereocenters. The molecule has 0 aliphatic heterocycles. The Morgan fingerprint density at radius 1 is 1.28 bits per heavy atom. The van der Waals surface area contributed by atoms with Gasteiger partial charge in [-0.05, 0) is 37.5 Å². The van der Waals surface area contributed by atoms with Gasteiger partial charge in [0.15, 0.2) is 0 Å². The normalized spacial score (nSPS) is 17.5. The van der Waals surface area contributed by atoms with Crippen molar-refractivity contribution in [2.24, 2.45) is 5.73 Å². The maximum Gasteiger partial charge on any atom is 0.132 e. The van der Waals surface area contributed by atoms with Crippen LogP contribution in [0.3, 0.4) is 0 Å². The first-order valence-corrected chi connectivity index (χ1v) is 6.67. The van der Waals surface area contributed by atoms with E-state index in [1.165, 1.54) is 11.3 Å². The van der Waals surface area contributed by atoms with E-state index in [2.05, 4.69) is 4.98 Å². The molecule has 0 unspecified atom stereocenters. The van der Waals surface area contributed by atoms with Gasteiger partial charge in [0, 0.05) is 10.9 Å². The Morgan fingerprint density at radius 3 is 2.72 bits per heavy atom. The van der Waals surface area contributed by atoms with Crippen molar-refractivity contribution < 1.29 is 8.78 Å². The minimum atomic E-state index is -0.466. The smallest absolute Gasteiger partial charge is 0.132 e. The molecule has 1 aliphatic carbocycles. The number of aromatic nitrogens is 1. The lowest BCUT2D eigenvalue weighted by atomic mass is 9.78. The predicted octanol–water partition coefficient (Wildman–Crippen LogP) is 3.43. The van der Waals surface area contributed by atoms with Crippen LogP contribution in [0.2, 0.25) is 0 Å². The summed E-state index contributed by atoms with van der Waals surface area (Å²) in [6.07, 6.45) is 2.91. The molecule has 94 valence electrons. The van der Waals surface area contributed by atoms with E-state index in [-0.39, 0.29) is 11.1 Å². The van der Waals surface area contributed by atoms with Crippen LogP contribution in [0.15, 0.2) is 23.6 Å². The Morgan fingerprint density at radius 2 is 2.06 bits per heavy atom. The highest BCUT2D eigenvalue weighted by Gasteiger charge is 2.37. The van der Waals surface area contributed by atoms with Crippen LogP contribution >= 0.6 is 11.3 Å². The molecule has 0 bridgehead atoms. The third kappa shape index (κ3) is 1.83. The van der Waals surface area contributed by atoms with Crippen LogP contribution in [0.25, 0.3) is 11.3 Å². The van der Waals surface area contributed by atoms with E-state index in [1.54, 1.807) is 5.38 Å². The van der Waals surface area contributed by atoms with Gasteiger partial charge in [-0.15, -0.1) is 11.3 Å². The molecule has 1 fully saturated rings. The Balaban J connectivity index is 2.00. The van der Waals surface area contributed by atoms with Gasteiger partial charge < -0.3 is 5.73 Å². The number of nitrogens with two attached hydrogens (primary N) is 1. The van der Waals surface area contributed by atoms with Crippen LogP contribution < -0.4 is 5.73 Å². The van der Waals surface area contributed by atoms with Crippen molar-refractivity contribution in [2.45, 2.75) is 24.8 Å². The fraction of sp³-hybridized carbons (Fsp3) is 0.308. The lowest BCUT2D eigenvalue weighted by Crippen LogP contribution is -2.43. The van der Waals surface area contributed by atoms with Gasteiger partial charge in [0.2, 0.25) is 0 Å². The van der Waals surface area contributed by atoms with Crippen LogP contribution in [0, 0.1) is 11.6 Å². The Labute approximate surface area is 107 Å².